The van der Waals surface area contributed by atoms with E-state index in [4.69, 9.17) is 4.74 Å². The van der Waals surface area contributed by atoms with Crippen LogP contribution in [0.1, 0.15) is 24.8 Å². The normalized spacial score (nSPS) is 20.1. The minimum absolute atomic E-state index is 0.619. The Morgan fingerprint density at radius 1 is 1.28 bits per heavy atom. The molecule has 0 amide bonds. The molecule has 0 atom stereocenters. The number of hydrogen-bond donors (Lipinski definition) is 1. The van der Waals surface area contributed by atoms with Gasteiger partial charge in [0.25, 0.3) is 0 Å². The molecule has 2 heterocycles. The highest BCUT2D eigenvalue weighted by Crippen LogP contribution is 2.34. The molecule has 1 fully saturated rings. The molecule has 18 heavy (non-hydrogen) atoms. The number of rotatable bonds is 2. The van der Waals surface area contributed by atoms with Gasteiger partial charge in [0.2, 0.25) is 0 Å². The van der Waals surface area contributed by atoms with Crippen molar-refractivity contribution in [2.75, 3.05) is 37.0 Å². The van der Waals surface area contributed by atoms with Crippen molar-refractivity contribution in [2.24, 2.45) is 0 Å². The number of fused-ring (bicyclic) bond motifs is 1. The summed E-state index contributed by atoms with van der Waals surface area (Å²) in [6.07, 6.45) is 4.73. The van der Waals surface area contributed by atoms with Crippen molar-refractivity contribution >= 4 is 11.4 Å². The van der Waals surface area contributed by atoms with Crippen LogP contribution < -0.4 is 10.2 Å². The minimum Gasteiger partial charge on any atom is -0.383 e. The molecule has 2 aliphatic heterocycles. The monoisotopic (exact) mass is 246 g/mol. The van der Waals surface area contributed by atoms with E-state index in [1.54, 1.807) is 0 Å². The van der Waals surface area contributed by atoms with Crippen LogP contribution in [0.4, 0.5) is 11.4 Å². The number of anilines is 2. The first-order valence-electron chi connectivity index (χ1n) is 7.02. The summed E-state index contributed by atoms with van der Waals surface area (Å²) in [5.74, 6) is 0. The molecule has 1 aromatic carbocycles. The highest BCUT2D eigenvalue weighted by atomic mass is 16.5. The predicted molar refractivity (Wildman–Crippen MR) is 75.5 cm³/mol. The quantitative estimate of drug-likeness (QED) is 0.868. The van der Waals surface area contributed by atoms with Gasteiger partial charge in [0.05, 0.1) is 11.4 Å². The van der Waals surface area contributed by atoms with Gasteiger partial charge < -0.3 is 15.0 Å². The van der Waals surface area contributed by atoms with E-state index in [-0.39, 0.29) is 0 Å². The Hall–Kier alpha value is -1.22. The number of para-hydroxylation sites is 1. The molecule has 0 aliphatic carbocycles. The van der Waals surface area contributed by atoms with E-state index < -0.39 is 0 Å². The second-order valence-corrected chi connectivity index (χ2v) is 5.30. The third-order valence-electron chi connectivity index (χ3n) is 4.17. The van der Waals surface area contributed by atoms with E-state index in [0.29, 0.717) is 6.04 Å². The van der Waals surface area contributed by atoms with Gasteiger partial charge in [-0.3, -0.25) is 0 Å². The molecular formula is C15H22N2O. The van der Waals surface area contributed by atoms with E-state index >= 15 is 0 Å². The maximum absolute atomic E-state index is 5.46. The summed E-state index contributed by atoms with van der Waals surface area (Å²) < 4.78 is 5.46. The van der Waals surface area contributed by atoms with Crippen LogP contribution in [0.3, 0.4) is 0 Å². The summed E-state index contributed by atoms with van der Waals surface area (Å²) in [4.78, 5) is 2.44. The third-order valence-corrected chi connectivity index (χ3v) is 4.17. The summed E-state index contributed by atoms with van der Waals surface area (Å²) >= 11 is 0. The first-order chi connectivity index (χ1) is 8.86. The topological polar surface area (TPSA) is 24.5 Å². The molecule has 2 aliphatic rings. The zero-order valence-corrected chi connectivity index (χ0v) is 11.1. The zero-order chi connectivity index (χ0) is 12.4. The predicted octanol–water partition coefficient (Wildman–Crippen LogP) is 2.66. The summed E-state index contributed by atoms with van der Waals surface area (Å²) in [7, 11) is 2.22. The van der Waals surface area contributed by atoms with Crippen LogP contribution in [0.2, 0.25) is 0 Å². The van der Waals surface area contributed by atoms with Gasteiger partial charge in [0, 0.05) is 32.8 Å². The number of nitrogens with zero attached hydrogens (tertiary/aromatic N) is 1. The standard InChI is InChI=1S/C15H22N2O/c1-17(13-7-10-18-11-8-13)14-6-2-4-12-5-3-9-16-15(12)14/h2,4,6,13,16H,3,5,7-11H2,1H3. The van der Waals surface area contributed by atoms with Crippen LogP contribution in [-0.4, -0.2) is 32.8 Å². The number of benzene rings is 1. The van der Waals surface area contributed by atoms with Gasteiger partial charge in [0.1, 0.15) is 0 Å². The Morgan fingerprint density at radius 2 is 2.11 bits per heavy atom. The smallest absolute Gasteiger partial charge is 0.0610 e. The summed E-state index contributed by atoms with van der Waals surface area (Å²) in [5.41, 5.74) is 4.19. The lowest BCUT2D eigenvalue weighted by Crippen LogP contribution is -2.37. The average molecular weight is 246 g/mol. The molecule has 1 N–H and O–H groups in total. The molecule has 3 rings (SSSR count). The molecule has 0 radical (unpaired) electrons. The number of ether oxygens (including phenoxy) is 1. The fourth-order valence-corrected chi connectivity index (χ4v) is 3.05. The highest BCUT2D eigenvalue weighted by Gasteiger charge is 2.22. The van der Waals surface area contributed by atoms with Crippen molar-refractivity contribution in [1.29, 1.82) is 0 Å². The Morgan fingerprint density at radius 3 is 2.94 bits per heavy atom. The van der Waals surface area contributed by atoms with Crippen LogP contribution in [0.15, 0.2) is 18.2 Å². The van der Waals surface area contributed by atoms with Crippen molar-refractivity contribution < 1.29 is 4.74 Å². The first-order valence-corrected chi connectivity index (χ1v) is 7.02. The van der Waals surface area contributed by atoms with Gasteiger partial charge in [-0.25, -0.2) is 0 Å². The zero-order valence-electron chi connectivity index (χ0n) is 11.1. The van der Waals surface area contributed by atoms with E-state index in [9.17, 15) is 0 Å². The summed E-state index contributed by atoms with van der Waals surface area (Å²) in [5, 5.41) is 3.58. The molecular weight excluding hydrogens is 224 g/mol. The van der Waals surface area contributed by atoms with E-state index in [2.05, 4.69) is 35.5 Å². The molecule has 0 bridgehead atoms. The van der Waals surface area contributed by atoms with Crippen molar-refractivity contribution in [3.8, 4) is 0 Å². The minimum atomic E-state index is 0.619. The molecule has 0 aromatic heterocycles. The first kappa shape index (κ1) is 11.8. The van der Waals surface area contributed by atoms with Crippen LogP contribution in [0.25, 0.3) is 0 Å². The number of nitrogens with one attached hydrogen (secondary N) is 1. The van der Waals surface area contributed by atoms with Gasteiger partial charge in [0.15, 0.2) is 0 Å². The van der Waals surface area contributed by atoms with Crippen molar-refractivity contribution in [3.63, 3.8) is 0 Å². The lowest BCUT2D eigenvalue weighted by molar-refractivity contribution is 0.0855. The fourth-order valence-electron chi connectivity index (χ4n) is 3.05. The molecule has 0 unspecified atom stereocenters. The van der Waals surface area contributed by atoms with Gasteiger partial charge in [-0.1, -0.05) is 12.1 Å². The molecule has 1 saturated heterocycles. The Labute approximate surface area is 109 Å². The van der Waals surface area contributed by atoms with Crippen molar-refractivity contribution in [2.45, 2.75) is 31.7 Å². The van der Waals surface area contributed by atoms with E-state index in [1.807, 2.05) is 0 Å². The highest BCUT2D eigenvalue weighted by molar-refractivity contribution is 5.74. The SMILES string of the molecule is CN(c1cccc2c1NCCC2)C1CCOCC1. The van der Waals surface area contributed by atoms with Crippen LogP contribution in [0.5, 0.6) is 0 Å². The Kier molecular flexibility index (Phi) is 3.41. The molecule has 0 saturated carbocycles. The lowest BCUT2D eigenvalue weighted by Gasteiger charge is -2.35. The molecule has 3 nitrogen and oxygen atoms in total. The molecule has 98 valence electrons. The number of aryl methyl sites for hydroxylation is 1. The van der Waals surface area contributed by atoms with E-state index in [1.165, 1.54) is 29.8 Å². The van der Waals surface area contributed by atoms with Gasteiger partial charge in [-0.15, -0.1) is 0 Å². The van der Waals surface area contributed by atoms with E-state index in [0.717, 1.165) is 32.6 Å². The van der Waals surface area contributed by atoms with Crippen LogP contribution in [-0.2, 0) is 11.2 Å². The average Bonchev–Trinajstić information content (AvgIpc) is 2.47. The summed E-state index contributed by atoms with van der Waals surface area (Å²) in [6.45, 7) is 2.90. The fraction of sp³-hybridized carbons (Fsp3) is 0.600. The Bertz CT molecular complexity index is 413. The largest absolute Gasteiger partial charge is 0.383 e. The van der Waals surface area contributed by atoms with Gasteiger partial charge in [-0.2, -0.15) is 0 Å². The maximum Gasteiger partial charge on any atom is 0.0610 e. The summed E-state index contributed by atoms with van der Waals surface area (Å²) in [6, 6.07) is 7.31. The third kappa shape index (κ3) is 2.19. The van der Waals surface area contributed by atoms with Crippen LogP contribution >= 0.6 is 0 Å². The second kappa shape index (κ2) is 5.19. The number of hydrogen-bond acceptors (Lipinski definition) is 3. The molecule has 3 heteroatoms. The van der Waals surface area contributed by atoms with Crippen molar-refractivity contribution in [3.05, 3.63) is 23.8 Å². The molecule has 1 aromatic rings. The van der Waals surface area contributed by atoms with Gasteiger partial charge in [-0.05, 0) is 37.3 Å². The lowest BCUT2D eigenvalue weighted by atomic mass is 10.00. The van der Waals surface area contributed by atoms with Crippen molar-refractivity contribution in [1.82, 2.24) is 0 Å². The second-order valence-electron chi connectivity index (χ2n) is 5.30. The van der Waals surface area contributed by atoms with Gasteiger partial charge >= 0.3 is 0 Å². The van der Waals surface area contributed by atoms with Crippen LogP contribution in [0, 0.1) is 0 Å². The maximum atomic E-state index is 5.46. The Balaban J connectivity index is 1.86. The molecule has 0 spiro atoms.